The molecule has 0 amide bonds. The largest absolute Gasteiger partial charge is 0.361 e. The molecule has 1 aliphatic rings. The molecular weight excluding hydrogens is 256 g/mol. The highest BCUT2D eigenvalue weighted by Gasteiger charge is 2.09. The number of hydrogen-bond donors (Lipinski definition) is 1. The van der Waals surface area contributed by atoms with Crippen molar-refractivity contribution in [2.75, 3.05) is 13.6 Å². The van der Waals surface area contributed by atoms with Crippen molar-refractivity contribution in [3.8, 4) is 0 Å². The molecule has 1 N–H and O–H groups in total. The van der Waals surface area contributed by atoms with Crippen molar-refractivity contribution in [3.63, 3.8) is 0 Å². The van der Waals surface area contributed by atoms with Crippen LogP contribution in [0.4, 0.5) is 0 Å². The molecule has 1 fully saturated rings. The summed E-state index contributed by atoms with van der Waals surface area (Å²) in [6.07, 6.45) is 13.9. The van der Waals surface area contributed by atoms with Gasteiger partial charge in [-0.2, -0.15) is 0 Å². The zero-order valence-corrected chi connectivity index (χ0v) is 13.0. The number of aromatic nitrogens is 1. The molecule has 0 bridgehead atoms. The van der Waals surface area contributed by atoms with Crippen molar-refractivity contribution in [3.05, 3.63) is 48.2 Å². The number of H-pyrrole nitrogens is 1. The monoisotopic (exact) mass is 282 g/mol. The summed E-state index contributed by atoms with van der Waals surface area (Å²) >= 11 is 0. The van der Waals surface area contributed by atoms with Gasteiger partial charge in [0, 0.05) is 24.8 Å². The van der Waals surface area contributed by atoms with Gasteiger partial charge in [-0.05, 0) is 42.8 Å². The molecule has 1 heterocycles. The third-order valence-corrected chi connectivity index (χ3v) is 4.59. The first-order valence-corrected chi connectivity index (χ1v) is 8.23. The van der Waals surface area contributed by atoms with E-state index in [4.69, 9.17) is 0 Å². The summed E-state index contributed by atoms with van der Waals surface area (Å²) in [6, 6.07) is 8.68. The zero-order chi connectivity index (χ0) is 14.5. The summed E-state index contributed by atoms with van der Waals surface area (Å²) in [5.74, 6) is 0.832. The smallest absolute Gasteiger partial charge is 0.0499 e. The molecule has 1 aromatic heterocycles. The number of aromatic amines is 1. The Morgan fingerprint density at radius 2 is 2.05 bits per heavy atom. The standard InChI is InChI=1S/C19H26N2/c1-21(14-6-9-16-7-3-2-4-8-16)15-18-11-5-10-17-12-13-20-19(17)18/h5-6,9-13,16,20H,2-4,7-8,14-15H2,1H3. The fourth-order valence-corrected chi connectivity index (χ4v) is 3.40. The van der Waals surface area contributed by atoms with Crippen LogP contribution in [0.25, 0.3) is 10.9 Å². The van der Waals surface area contributed by atoms with Gasteiger partial charge >= 0.3 is 0 Å². The second kappa shape index (κ2) is 6.95. The number of nitrogens with one attached hydrogen (secondary N) is 1. The summed E-state index contributed by atoms with van der Waals surface area (Å²) in [7, 11) is 2.20. The predicted molar refractivity (Wildman–Crippen MR) is 90.3 cm³/mol. The number of para-hydroxylation sites is 1. The molecule has 1 saturated carbocycles. The van der Waals surface area contributed by atoms with Gasteiger partial charge in [0.05, 0.1) is 0 Å². The van der Waals surface area contributed by atoms with E-state index in [9.17, 15) is 0 Å². The van der Waals surface area contributed by atoms with Crippen LogP contribution in [0.15, 0.2) is 42.6 Å². The van der Waals surface area contributed by atoms with E-state index in [1.807, 2.05) is 6.20 Å². The number of rotatable bonds is 5. The Balaban J connectivity index is 1.55. The number of hydrogen-bond acceptors (Lipinski definition) is 1. The molecule has 21 heavy (non-hydrogen) atoms. The van der Waals surface area contributed by atoms with Gasteiger partial charge in [-0.25, -0.2) is 0 Å². The van der Waals surface area contributed by atoms with E-state index >= 15 is 0 Å². The molecular formula is C19H26N2. The fraction of sp³-hybridized carbons (Fsp3) is 0.474. The highest BCUT2D eigenvalue weighted by Crippen LogP contribution is 2.24. The number of fused-ring (bicyclic) bond motifs is 1. The molecule has 0 aliphatic heterocycles. The maximum Gasteiger partial charge on any atom is 0.0499 e. The predicted octanol–water partition coefficient (Wildman–Crippen LogP) is 4.74. The van der Waals surface area contributed by atoms with Crippen LogP contribution in [0.3, 0.4) is 0 Å². The Labute approximate surface area is 127 Å². The minimum atomic E-state index is 0.832. The summed E-state index contributed by atoms with van der Waals surface area (Å²) in [4.78, 5) is 5.74. The molecule has 2 heteroatoms. The zero-order valence-electron chi connectivity index (χ0n) is 13.0. The SMILES string of the molecule is CN(CC=CC1CCCCC1)Cc1cccc2cc[nH]c12. The van der Waals surface area contributed by atoms with Crippen LogP contribution in [0.1, 0.15) is 37.7 Å². The lowest BCUT2D eigenvalue weighted by molar-refractivity contribution is 0.361. The first-order valence-electron chi connectivity index (χ1n) is 8.23. The average molecular weight is 282 g/mol. The van der Waals surface area contributed by atoms with Crippen molar-refractivity contribution >= 4 is 10.9 Å². The van der Waals surface area contributed by atoms with E-state index in [0.717, 1.165) is 19.0 Å². The van der Waals surface area contributed by atoms with E-state index in [-0.39, 0.29) is 0 Å². The second-order valence-corrected chi connectivity index (χ2v) is 6.38. The Morgan fingerprint density at radius 3 is 2.90 bits per heavy atom. The van der Waals surface area contributed by atoms with Gasteiger partial charge in [0.2, 0.25) is 0 Å². The number of likely N-dealkylation sites (N-methyl/N-ethyl adjacent to an activating group) is 1. The summed E-state index contributed by atoms with van der Waals surface area (Å²) in [5, 5.41) is 1.30. The molecule has 2 nitrogen and oxygen atoms in total. The molecule has 3 rings (SSSR count). The van der Waals surface area contributed by atoms with Gasteiger partial charge in [-0.15, -0.1) is 0 Å². The normalized spacial score (nSPS) is 17.2. The van der Waals surface area contributed by atoms with Crippen molar-refractivity contribution in [1.29, 1.82) is 0 Å². The molecule has 0 radical (unpaired) electrons. The fourth-order valence-electron chi connectivity index (χ4n) is 3.40. The highest BCUT2D eigenvalue weighted by atomic mass is 15.1. The van der Waals surface area contributed by atoms with Crippen LogP contribution in [0, 0.1) is 5.92 Å². The maximum atomic E-state index is 3.36. The van der Waals surface area contributed by atoms with Crippen molar-refractivity contribution in [1.82, 2.24) is 9.88 Å². The quantitative estimate of drug-likeness (QED) is 0.785. The lowest BCUT2D eigenvalue weighted by atomic mass is 9.89. The molecule has 1 aromatic carbocycles. The first-order chi connectivity index (χ1) is 10.3. The van der Waals surface area contributed by atoms with E-state index in [1.165, 1.54) is 48.6 Å². The van der Waals surface area contributed by atoms with Gasteiger partial charge in [0.25, 0.3) is 0 Å². The Kier molecular flexibility index (Phi) is 4.76. The summed E-state index contributed by atoms with van der Waals surface area (Å²) in [5.41, 5.74) is 2.66. The second-order valence-electron chi connectivity index (χ2n) is 6.38. The molecule has 0 spiro atoms. The summed E-state index contributed by atoms with van der Waals surface area (Å²) < 4.78 is 0. The lowest BCUT2D eigenvalue weighted by Gasteiger charge is -2.19. The Morgan fingerprint density at radius 1 is 1.19 bits per heavy atom. The van der Waals surface area contributed by atoms with Crippen molar-refractivity contribution < 1.29 is 0 Å². The van der Waals surface area contributed by atoms with Crippen LogP contribution >= 0.6 is 0 Å². The lowest BCUT2D eigenvalue weighted by Crippen LogP contribution is -2.18. The third-order valence-electron chi connectivity index (χ3n) is 4.59. The maximum absolute atomic E-state index is 3.36. The Hall–Kier alpha value is -1.54. The van der Waals surface area contributed by atoms with Gasteiger partial charge in [-0.1, -0.05) is 49.6 Å². The molecule has 0 saturated heterocycles. The number of allylic oxidation sites excluding steroid dienone is 1. The number of nitrogens with zero attached hydrogens (tertiary/aromatic N) is 1. The molecule has 2 aromatic rings. The molecule has 0 atom stereocenters. The van der Waals surface area contributed by atoms with Crippen LogP contribution in [0.5, 0.6) is 0 Å². The van der Waals surface area contributed by atoms with E-state index < -0.39 is 0 Å². The minimum absolute atomic E-state index is 0.832. The van der Waals surface area contributed by atoms with Crippen LogP contribution in [-0.2, 0) is 6.54 Å². The number of benzene rings is 1. The van der Waals surface area contributed by atoms with Gasteiger partial charge in [0.1, 0.15) is 0 Å². The van der Waals surface area contributed by atoms with Crippen LogP contribution < -0.4 is 0 Å². The van der Waals surface area contributed by atoms with Crippen molar-refractivity contribution in [2.45, 2.75) is 38.6 Å². The third kappa shape index (κ3) is 3.76. The highest BCUT2D eigenvalue weighted by molar-refractivity contribution is 5.82. The molecule has 0 unspecified atom stereocenters. The van der Waals surface area contributed by atoms with Gasteiger partial charge < -0.3 is 4.98 Å². The Bertz CT molecular complexity index is 590. The van der Waals surface area contributed by atoms with Crippen LogP contribution in [-0.4, -0.2) is 23.5 Å². The van der Waals surface area contributed by atoms with E-state index in [2.05, 4.69) is 53.3 Å². The summed E-state index contributed by atoms with van der Waals surface area (Å²) in [6.45, 7) is 2.03. The minimum Gasteiger partial charge on any atom is -0.361 e. The van der Waals surface area contributed by atoms with E-state index in [0.29, 0.717) is 0 Å². The molecule has 1 aliphatic carbocycles. The topological polar surface area (TPSA) is 19.0 Å². The van der Waals surface area contributed by atoms with E-state index in [1.54, 1.807) is 0 Å². The first kappa shape index (κ1) is 14.4. The van der Waals surface area contributed by atoms with Crippen molar-refractivity contribution in [2.24, 2.45) is 5.92 Å². The van der Waals surface area contributed by atoms with Gasteiger partial charge in [-0.3, -0.25) is 4.90 Å². The van der Waals surface area contributed by atoms with Crippen LogP contribution in [0.2, 0.25) is 0 Å². The molecule has 112 valence electrons. The average Bonchev–Trinajstić information content (AvgIpc) is 2.98. The van der Waals surface area contributed by atoms with Gasteiger partial charge in [0.15, 0.2) is 0 Å².